The van der Waals surface area contributed by atoms with Crippen LogP contribution in [0.3, 0.4) is 0 Å². The molecule has 15 atom stereocenters. The SMILES string of the molecule is CC1CCC(N(C2CCC(C)CC2)C2CCC3C4C(CCCC42)C2C(C)C4C5CCCC6CCCC(C65)C4C(C)C32)CC1. The van der Waals surface area contributed by atoms with Crippen molar-refractivity contribution in [3.05, 3.63) is 0 Å². The summed E-state index contributed by atoms with van der Waals surface area (Å²) >= 11 is 0. The van der Waals surface area contributed by atoms with E-state index in [0.29, 0.717) is 0 Å². The third kappa shape index (κ3) is 4.43. The summed E-state index contributed by atoms with van der Waals surface area (Å²) in [5.74, 6) is 17.3. The van der Waals surface area contributed by atoms with Gasteiger partial charge in [0, 0.05) is 18.1 Å². The molecule has 0 radical (unpaired) electrons. The summed E-state index contributed by atoms with van der Waals surface area (Å²) in [6, 6.07) is 2.77. The normalized spacial score (nSPS) is 59.2. The zero-order chi connectivity index (χ0) is 29.0. The van der Waals surface area contributed by atoms with Crippen molar-refractivity contribution >= 4 is 0 Å². The lowest BCUT2D eigenvalue weighted by atomic mass is 9.54. The molecular weight excluding hydrogens is 518 g/mol. The van der Waals surface area contributed by atoms with Crippen molar-refractivity contribution < 1.29 is 0 Å². The van der Waals surface area contributed by atoms with Crippen molar-refractivity contribution in [1.82, 2.24) is 4.90 Å². The second-order valence-corrected chi connectivity index (χ2v) is 19.5. The molecule has 1 heteroatoms. The molecule has 15 unspecified atom stereocenters. The first-order valence-corrected chi connectivity index (χ1v) is 20.8. The van der Waals surface area contributed by atoms with Crippen molar-refractivity contribution in [2.75, 3.05) is 0 Å². The van der Waals surface area contributed by atoms with Crippen LogP contribution in [0.5, 0.6) is 0 Å². The number of hydrogen-bond donors (Lipinski definition) is 0. The van der Waals surface area contributed by atoms with Gasteiger partial charge in [0.25, 0.3) is 0 Å². The molecule has 0 aromatic heterocycles. The van der Waals surface area contributed by atoms with Gasteiger partial charge in [-0.1, -0.05) is 59.8 Å². The van der Waals surface area contributed by atoms with E-state index in [1.54, 1.807) is 70.6 Å². The van der Waals surface area contributed by atoms with E-state index in [2.05, 4.69) is 32.6 Å². The topological polar surface area (TPSA) is 3.24 Å². The van der Waals surface area contributed by atoms with Crippen LogP contribution in [0.25, 0.3) is 0 Å². The first-order valence-electron chi connectivity index (χ1n) is 20.8. The van der Waals surface area contributed by atoms with Gasteiger partial charge >= 0.3 is 0 Å². The van der Waals surface area contributed by atoms with E-state index in [-0.39, 0.29) is 0 Å². The van der Waals surface area contributed by atoms with E-state index >= 15 is 0 Å². The van der Waals surface area contributed by atoms with Crippen LogP contribution in [0.1, 0.15) is 150 Å². The fourth-order valence-electron chi connectivity index (χ4n) is 17.0. The van der Waals surface area contributed by atoms with Gasteiger partial charge in [-0.3, -0.25) is 4.90 Å². The Morgan fingerprint density at radius 3 is 1.28 bits per heavy atom. The third-order valence-corrected chi connectivity index (χ3v) is 18.1. The van der Waals surface area contributed by atoms with Crippen molar-refractivity contribution in [2.24, 2.45) is 94.7 Å². The lowest BCUT2D eigenvalue weighted by Gasteiger charge is -2.55. The Balaban J connectivity index is 1.03. The predicted octanol–water partition coefficient (Wildman–Crippen LogP) is 10.9. The van der Waals surface area contributed by atoms with Crippen LogP contribution in [0, 0.1) is 94.7 Å². The second kappa shape index (κ2) is 11.3. The van der Waals surface area contributed by atoms with E-state index in [1.165, 1.54) is 51.4 Å². The Hall–Kier alpha value is -0.0400. The zero-order valence-electron chi connectivity index (χ0n) is 28.9. The highest BCUT2D eigenvalue weighted by Crippen LogP contribution is 2.73. The zero-order valence-corrected chi connectivity index (χ0v) is 28.9. The predicted molar refractivity (Wildman–Crippen MR) is 179 cm³/mol. The largest absolute Gasteiger partial charge is 0.294 e. The molecule has 242 valence electrons. The molecule has 0 aromatic carbocycles. The second-order valence-electron chi connectivity index (χ2n) is 19.5. The summed E-state index contributed by atoms with van der Waals surface area (Å²) in [6.07, 6.45) is 29.6. The van der Waals surface area contributed by atoms with E-state index in [9.17, 15) is 0 Å². The minimum atomic E-state index is 0.917. The summed E-state index contributed by atoms with van der Waals surface area (Å²) in [5.41, 5.74) is 0. The van der Waals surface area contributed by atoms with Crippen LogP contribution in [-0.4, -0.2) is 23.0 Å². The Morgan fingerprint density at radius 1 is 0.349 bits per heavy atom. The molecule has 0 aromatic rings. The van der Waals surface area contributed by atoms with Gasteiger partial charge in [-0.2, -0.15) is 0 Å². The maximum absolute atomic E-state index is 3.36. The van der Waals surface area contributed by atoms with Gasteiger partial charge in [-0.15, -0.1) is 0 Å². The highest BCUT2D eigenvalue weighted by atomic mass is 15.2. The van der Waals surface area contributed by atoms with E-state index < -0.39 is 0 Å². The molecule has 9 aliphatic carbocycles. The molecule has 1 nitrogen and oxygen atoms in total. The summed E-state index contributed by atoms with van der Waals surface area (Å²) in [6.45, 7) is 10.8. The van der Waals surface area contributed by atoms with Crippen LogP contribution < -0.4 is 0 Å². The van der Waals surface area contributed by atoms with Gasteiger partial charge in [0.15, 0.2) is 0 Å². The maximum atomic E-state index is 3.36. The van der Waals surface area contributed by atoms with Gasteiger partial charge in [0.05, 0.1) is 0 Å². The summed E-state index contributed by atoms with van der Waals surface area (Å²) in [4.78, 5) is 3.36. The van der Waals surface area contributed by atoms with E-state index in [4.69, 9.17) is 0 Å². The monoisotopic (exact) mass is 588 g/mol. The molecule has 43 heavy (non-hydrogen) atoms. The first-order chi connectivity index (χ1) is 21.0. The molecule has 0 bridgehead atoms. The molecule has 0 saturated heterocycles. The molecule has 9 saturated carbocycles. The van der Waals surface area contributed by atoms with Gasteiger partial charge in [-0.05, 0) is 185 Å². The molecule has 0 aliphatic heterocycles. The molecular formula is C42H69N. The lowest BCUT2D eigenvalue weighted by molar-refractivity contribution is -0.0622. The number of nitrogens with zero attached hydrogens (tertiary/aromatic N) is 1. The van der Waals surface area contributed by atoms with Gasteiger partial charge in [-0.25, -0.2) is 0 Å². The van der Waals surface area contributed by atoms with Gasteiger partial charge in [0.1, 0.15) is 0 Å². The summed E-state index contributed by atoms with van der Waals surface area (Å²) < 4.78 is 0. The molecule has 0 N–H and O–H groups in total. The molecule has 0 heterocycles. The summed E-state index contributed by atoms with van der Waals surface area (Å²) in [5, 5.41) is 0. The van der Waals surface area contributed by atoms with Gasteiger partial charge < -0.3 is 0 Å². The number of hydrogen-bond acceptors (Lipinski definition) is 1. The van der Waals surface area contributed by atoms with Crippen LogP contribution in [0.2, 0.25) is 0 Å². The minimum Gasteiger partial charge on any atom is -0.294 e. The van der Waals surface area contributed by atoms with E-state index in [1.807, 2.05) is 0 Å². The highest BCUT2D eigenvalue weighted by molar-refractivity contribution is 5.16. The average molecular weight is 588 g/mol. The van der Waals surface area contributed by atoms with Crippen LogP contribution in [-0.2, 0) is 0 Å². The van der Waals surface area contributed by atoms with Gasteiger partial charge in [0.2, 0.25) is 0 Å². The van der Waals surface area contributed by atoms with Crippen molar-refractivity contribution in [1.29, 1.82) is 0 Å². The van der Waals surface area contributed by atoms with Crippen molar-refractivity contribution in [3.63, 3.8) is 0 Å². The molecule has 9 rings (SSSR count). The number of fused-ring (bicyclic) bond motifs is 6. The fourth-order valence-corrected chi connectivity index (χ4v) is 17.0. The molecule has 0 spiro atoms. The molecule has 9 aliphatic rings. The number of rotatable bonds is 3. The van der Waals surface area contributed by atoms with E-state index in [0.717, 1.165) is 113 Å². The van der Waals surface area contributed by atoms with Crippen LogP contribution >= 0.6 is 0 Å². The fraction of sp³-hybridized carbons (Fsp3) is 1.00. The van der Waals surface area contributed by atoms with Crippen LogP contribution in [0.4, 0.5) is 0 Å². The minimum absolute atomic E-state index is 0.917. The smallest absolute Gasteiger partial charge is 0.0132 e. The third-order valence-electron chi connectivity index (χ3n) is 18.1. The maximum Gasteiger partial charge on any atom is 0.0132 e. The Bertz CT molecular complexity index is 927. The highest BCUT2D eigenvalue weighted by Gasteiger charge is 2.68. The Kier molecular flexibility index (Phi) is 7.65. The first kappa shape index (κ1) is 29.1. The quantitative estimate of drug-likeness (QED) is 0.317. The lowest BCUT2D eigenvalue weighted by Crippen LogP contribution is -2.58. The Labute approximate surface area is 266 Å². The Morgan fingerprint density at radius 2 is 0.767 bits per heavy atom. The molecule has 0 amide bonds. The van der Waals surface area contributed by atoms with Crippen LogP contribution in [0.15, 0.2) is 0 Å². The summed E-state index contributed by atoms with van der Waals surface area (Å²) in [7, 11) is 0. The molecule has 9 fully saturated rings. The van der Waals surface area contributed by atoms with Crippen molar-refractivity contribution in [2.45, 2.75) is 168 Å². The average Bonchev–Trinajstić information content (AvgIpc) is 3.55. The van der Waals surface area contributed by atoms with Crippen molar-refractivity contribution in [3.8, 4) is 0 Å². The standard InChI is InChI=1S/C42H69N/c1-24-14-18-29(19-15-24)43(30-20-16-25(2)17-21-30)36-23-22-35-40-27(4)38-33-12-6-9-28-8-5-11-32(41(28)33)37(38)26(3)39(40)34-13-7-10-31(36)42(34)35/h24-42H,5-23H2,1-4H3.